The van der Waals surface area contributed by atoms with Crippen LogP contribution >= 0.6 is 24.0 Å². The number of hydrogen-bond donors (Lipinski definition) is 1. The van der Waals surface area contributed by atoms with Crippen molar-refractivity contribution in [3.05, 3.63) is 23.8 Å². The van der Waals surface area contributed by atoms with E-state index in [1.807, 2.05) is 0 Å². The summed E-state index contributed by atoms with van der Waals surface area (Å²) >= 11 is 7.08. The van der Waals surface area contributed by atoms with Crippen molar-refractivity contribution in [2.45, 2.75) is 45.1 Å². The Labute approximate surface area is 133 Å². The van der Waals surface area contributed by atoms with E-state index in [0.29, 0.717) is 16.9 Å². The van der Waals surface area contributed by atoms with Gasteiger partial charge in [-0.1, -0.05) is 39.1 Å². The lowest BCUT2D eigenvalue weighted by Crippen LogP contribution is -2.32. The lowest BCUT2D eigenvalue weighted by atomic mass is 10.0. The van der Waals surface area contributed by atoms with Crippen LogP contribution in [0.5, 0.6) is 0 Å². The number of anilines is 1. The average molecular weight is 311 g/mol. The number of thiocarbonyl (C=S) groups is 1. The highest BCUT2D eigenvalue weighted by molar-refractivity contribution is 7.99. The Kier molecular flexibility index (Phi) is 6.83. The molecule has 0 aliphatic rings. The molecule has 20 heavy (non-hydrogen) atoms. The largest absolute Gasteiger partial charge is 0.389 e. The second-order valence-electron chi connectivity index (χ2n) is 5.54. The van der Waals surface area contributed by atoms with Crippen LogP contribution in [0.15, 0.2) is 23.1 Å². The molecule has 0 fully saturated rings. The molecule has 0 aliphatic carbocycles. The SMILES string of the molecule is CCSc1cccc(N(C)C(C)CC(C)C)c1C(N)=S. The monoisotopic (exact) mass is 310 g/mol. The molecule has 0 saturated carbocycles. The maximum atomic E-state index is 5.98. The summed E-state index contributed by atoms with van der Waals surface area (Å²) in [6, 6.07) is 6.77. The second kappa shape index (κ2) is 7.89. The fourth-order valence-corrected chi connectivity index (χ4v) is 3.54. The quantitative estimate of drug-likeness (QED) is 0.600. The molecule has 0 amide bonds. The van der Waals surface area contributed by atoms with Crippen LogP contribution in [0.3, 0.4) is 0 Å². The number of rotatable bonds is 7. The van der Waals surface area contributed by atoms with Crippen molar-refractivity contribution in [2.75, 3.05) is 17.7 Å². The fourth-order valence-electron chi connectivity index (χ4n) is 2.41. The summed E-state index contributed by atoms with van der Waals surface area (Å²) in [5.41, 5.74) is 8.14. The molecule has 0 aromatic heterocycles. The van der Waals surface area contributed by atoms with Crippen molar-refractivity contribution >= 4 is 34.7 Å². The highest BCUT2D eigenvalue weighted by atomic mass is 32.2. The molecular formula is C16H26N2S2. The third-order valence-electron chi connectivity index (χ3n) is 3.40. The topological polar surface area (TPSA) is 29.3 Å². The standard InChI is InChI=1S/C16H26N2S2/c1-6-20-14-9-7-8-13(15(14)16(17)19)18(5)12(4)10-11(2)3/h7-9,11-12H,6,10H2,1-5H3,(H2,17,19). The van der Waals surface area contributed by atoms with Crippen LogP contribution < -0.4 is 10.6 Å². The van der Waals surface area contributed by atoms with E-state index in [9.17, 15) is 0 Å². The van der Waals surface area contributed by atoms with Crippen LogP contribution in [0.2, 0.25) is 0 Å². The minimum absolute atomic E-state index is 0.463. The van der Waals surface area contributed by atoms with Gasteiger partial charge >= 0.3 is 0 Å². The predicted octanol–water partition coefficient (Wildman–Crippen LogP) is 4.30. The smallest absolute Gasteiger partial charge is 0.107 e. The Balaban J connectivity index is 3.16. The van der Waals surface area contributed by atoms with E-state index in [1.165, 1.54) is 4.90 Å². The maximum Gasteiger partial charge on any atom is 0.107 e. The Hall–Kier alpha value is -0.740. The molecule has 1 aromatic rings. The van der Waals surface area contributed by atoms with E-state index in [-0.39, 0.29) is 0 Å². The van der Waals surface area contributed by atoms with E-state index in [1.54, 1.807) is 11.8 Å². The van der Waals surface area contributed by atoms with Gasteiger partial charge in [-0.25, -0.2) is 0 Å². The van der Waals surface area contributed by atoms with E-state index in [2.05, 4.69) is 57.8 Å². The summed E-state index contributed by atoms with van der Waals surface area (Å²) in [5.74, 6) is 1.69. The summed E-state index contributed by atoms with van der Waals surface area (Å²) in [6.07, 6.45) is 1.15. The molecule has 1 unspecified atom stereocenters. The Morgan fingerprint density at radius 3 is 2.50 bits per heavy atom. The van der Waals surface area contributed by atoms with Gasteiger partial charge in [-0.2, -0.15) is 0 Å². The van der Waals surface area contributed by atoms with Gasteiger partial charge in [0, 0.05) is 29.2 Å². The maximum absolute atomic E-state index is 5.98. The molecule has 0 heterocycles. The third kappa shape index (κ3) is 4.38. The zero-order valence-electron chi connectivity index (χ0n) is 13.1. The van der Waals surface area contributed by atoms with Crippen molar-refractivity contribution in [3.8, 4) is 0 Å². The van der Waals surface area contributed by atoms with Crippen molar-refractivity contribution in [1.29, 1.82) is 0 Å². The van der Waals surface area contributed by atoms with Crippen LogP contribution in [0.25, 0.3) is 0 Å². The molecular weight excluding hydrogens is 284 g/mol. The van der Waals surface area contributed by atoms with Crippen molar-refractivity contribution in [3.63, 3.8) is 0 Å². The van der Waals surface area contributed by atoms with Crippen molar-refractivity contribution in [2.24, 2.45) is 11.7 Å². The molecule has 2 nitrogen and oxygen atoms in total. The predicted molar refractivity (Wildman–Crippen MR) is 96.0 cm³/mol. The van der Waals surface area contributed by atoms with Gasteiger partial charge < -0.3 is 10.6 Å². The first-order valence-corrected chi connectivity index (χ1v) is 8.56. The molecule has 0 aliphatic heterocycles. The normalized spacial score (nSPS) is 12.5. The molecule has 2 N–H and O–H groups in total. The summed E-state index contributed by atoms with van der Waals surface area (Å²) in [4.78, 5) is 3.97. The molecule has 0 bridgehead atoms. The first-order chi connectivity index (χ1) is 9.38. The van der Waals surface area contributed by atoms with Gasteiger partial charge in [0.25, 0.3) is 0 Å². The number of thioether (sulfide) groups is 1. The van der Waals surface area contributed by atoms with Crippen LogP contribution in [0.4, 0.5) is 5.69 Å². The van der Waals surface area contributed by atoms with Gasteiger partial charge in [-0.3, -0.25) is 0 Å². The van der Waals surface area contributed by atoms with E-state index in [0.717, 1.165) is 23.4 Å². The van der Waals surface area contributed by atoms with Gasteiger partial charge in [-0.05, 0) is 37.1 Å². The highest BCUT2D eigenvalue weighted by Crippen LogP contribution is 2.32. The van der Waals surface area contributed by atoms with Crippen LogP contribution in [-0.2, 0) is 0 Å². The molecule has 0 spiro atoms. The minimum Gasteiger partial charge on any atom is -0.389 e. The van der Waals surface area contributed by atoms with E-state index >= 15 is 0 Å². The number of hydrogen-bond acceptors (Lipinski definition) is 3. The molecule has 1 aromatic carbocycles. The van der Waals surface area contributed by atoms with Crippen LogP contribution in [0, 0.1) is 5.92 Å². The molecule has 0 radical (unpaired) electrons. The van der Waals surface area contributed by atoms with E-state index in [4.69, 9.17) is 18.0 Å². The van der Waals surface area contributed by atoms with Crippen LogP contribution in [0.1, 0.15) is 39.7 Å². The molecule has 4 heteroatoms. The Bertz CT molecular complexity index is 458. The second-order valence-corrected chi connectivity index (χ2v) is 7.28. The lowest BCUT2D eigenvalue weighted by Gasteiger charge is -2.30. The third-order valence-corrected chi connectivity index (χ3v) is 4.55. The van der Waals surface area contributed by atoms with E-state index < -0.39 is 0 Å². The summed E-state index contributed by atoms with van der Waals surface area (Å²) in [5, 5.41) is 0. The van der Waals surface area contributed by atoms with Crippen molar-refractivity contribution in [1.82, 2.24) is 0 Å². The summed E-state index contributed by atoms with van der Waals surface area (Å²) in [7, 11) is 2.13. The summed E-state index contributed by atoms with van der Waals surface area (Å²) in [6.45, 7) is 8.90. The highest BCUT2D eigenvalue weighted by Gasteiger charge is 2.18. The molecule has 1 atom stereocenters. The first kappa shape index (κ1) is 17.3. The molecule has 112 valence electrons. The van der Waals surface area contributed by atoms with Gasteiger partial charge in [-0.15, -0.1) is 11.8 Å². The van der Waals surface area contributed by atoms with Gasteiger partial charge in [0.05, 0.1) is 0 Å². The number of nitrogens with two attached hydrogens (primary N) is 1. The van der Waals surface area contributed by atoms with Gasteiger partial charge in [0.15, 0.2) is 0 Å². The Morgan fingerprint density at radius 2 is 2.00 bits per heavy atom. The van der Waals surface area contributed by atoms with Crippen molar-refractivity contribution < 1.29 is 0 Å². The van der Waals surface area contributed by atoms with Crippen LogP contribution in [-0.4, -0.2) is 23.8 Å². The average Bonchev–Trinajstić information content (AvgIpc) is 2.36. The fraction of sp³-hybridized carbons (Fsp3) is 0.562. The lowest BCUT2D eigenvalue weighted by molar-refractivity contribution is 0.504. The molecule has 0 saturated heterocycles. The van der Waals surface area contributed by atoms with Gasteiger partial charge in [0.1, 0.15) is 4.99 Å². The zero-order valence-corrected chi connectivity index (χ0v) is 14.8. The first-order valence-electron chi connectivity index (χ1n) is 7.16. The zero-order chi connectivity index (χ0) is 15.3. The van der Waals surface area contributed by atoms with Gasteiger partial charge in [0.2, 0.25) is 0 Å². The number of benzene rings is 1. The number of nitrogens with zero attached hydrogens (tertiary/aromatic N) is 1. The minimum atomic E-state index is 0.463. The summed E-state index contributed by atoms with van der Waals surface area (Å²) < 4.78 is 0. The Morgan fingerprint density at radius 1 is 1.35 bits per heavy atom. The molecule has 1 rings (SSSR count).